The number of esters is 1. The molecule has 0 spiro atoms. The quantitative estimate of drug-likeness (QED) is 0.260. The molecule has 0 aromatic heterocycles. The van der Waals surface area contributed by atoms with Crippen LogP contribution >= 0.6 is 15.9 Å². The van der Waals surface area contributed by atoms with Crippen molar-refractivity contribution < 1.29 is 28.5 Å². The Morgan fingerprint density at radius 2 is 1.75 bits per heavy atom. The molecule has 0 unspecified atom stereocenters. The smallest absolute Gasteiger partial charge is 0.347 e. The van der Waals surface area contributed by atoms with Gasteiger partial charge < -0.3 is 18.9 Å². The Kier molecular flexibility index (Phi) is 6.01. The Bertz CT molecular complexity index is 1260. The molecular formula is C25H19BrO6. The van der Waals surface area contributed by atoms with Gasteiger partial charge >= 0.3 is 5.97 Å². The van der Waals surface area contributed by atoms with Crippen molar-refractivity contribution in [3.05, 3.63) is 87.1 Å². The Labute approximate surface area is 193 Å². The molecule has 1 aliphatic rings. The first-order valence-electron chi connectivity index (χ1n) is 9.69. The Morgan fingerprint density at radius 3 is 2.50 bits per heavy atom. The van der Waals surface area contributed by atoms with Crippen molar-refractivity contribution in [1.82, 2.24) is 0 Å². The molecule has 0 saturated carbocycles. The zero-order valence-electron chi connectivity index (χ0n) is 17.6. The van der Waals surface area contributed by atoms with Crippen molar-refractivity contribution in [2.24, 2.45) is 0 Å². The maximum atomic E-state index is 13.0. The van der Waals surface area contributed by atoms with Gasteiger partial charge in [0, 0.05) is 16.1 Å². The number of benzene rings is 3. The van der Waals surface area contributed by atoms with Gasteiger partial charge in [0.05, 0.1) is 19.8 Å². The third-order valence-electron chi connectivity index (χ3n) is 4.96. The zero-order chi connectivity index (χ0) is 22.8. The monoisotopic (exact) mass is 494 g/mol. The summed E-state index contributed by atoms with van der Waals surface area (Å²) >= 11 is 3.42. The van der Waals surface area contributed by atoms with E-state index >= 15 is 0 Å². The average Bonchev–Trinajstić information content (AvgIpc) is 3.09. The number of carbonyl (C=O) groups excluding carboxylic acids is 2. The van der Waals surface area contributed by atoms with Crippen molar-refractivity contribution in [1.29, 1.82) is 0 Å². The van der Waals surface area contributed by atoms with Crippen LogP contribution in [0.4, 0.5) is 0 Å². The molecule has 0 amide bonds. The van der Waals surface area contributed by atoms with Crippen LogP contribution in [0.25, 0.3) is 6.08 Å². The van der Waals surface area contributed by atoms with Gasteiger partial charge in [0.15, 0.2) is 5.76 Å². The third-order valence-corrected chi connectivity index (χ3v) is 5.45. The molecule has 0 fully saturated rings. The highest BCUT2D eigenvalue weighted by atomic mass is 79.9. The molecule has 3 aromatic carbocycles. The summed E-state index contributed by atoms with van der Waals surface area (Å²) in [4.78, 5) is 25.6. The molecule has 0 radical (unpaired) electrons. The van der Waals surface area contributed by atoms with Crippen LogP contribution in [-0.2, 0) is 0 Å². The van der Waals surface area contributed by atoms with Gasteiger partial charge in [-0.3, -0.25) is 4.79 Å². The predicted molar refractivity (Wildman–Crippen MR) is 123 cm³/mol. The van der Waals surface area contributed by atoms with Crippen molar-refractivity contribution in [3.63, 3.8) is 0 Å². The predicted octanol–water partition coefficient (Wildman–Crippen LogP) is 5.61. The summed E-state index contributed by atoms with van der Waals surface area (Å²) in [5.41, 5.74) is 2.06. The molecule has 0 bridgehead atoms. The first kappa shape index (κ1) is 21.6. The normalized spacial score (nSPS) is 13.5. The number of rotatable bonds is 5. The van der Waals surface area contributed by atoms with Crippen LogP contribution < -0.4 is 18.9 Å². The van der Waals surface area contributed by atoms with Gasteiger partial charge in [0.1, 0.15) is 28.6 Å². The van der Waals surface area contributed by atoms with Crippen LogP contribution in [0.5, 0.6) is 23.0 Å². The Morgan fingerprint density at radius 1 is 1.00 bits per heavy atom. The Balaban J connectivity index is 1.64. The van der Waals surface area contributed by atoms with E-state index in [4.69, 9.17) is 18.9 Å². The fraction of sp³-hybridized carbons (Fsp3) is 0.120. The van der Waals surface area contributed by atoms with E-state index in [2.05, 4.69) is 15.9 Å². The second-order valence-electron chi connectivity index (χ2n) is 7.03. The van der Waals surface area contributed by atoms with Gasteiger partial charge in [-0.05, 0) is 55.0 Å². The van der Waals surface area contributed by atoms with Crippen molar-refractivity contribution in [3.8, 4) is 23.0 Å². The van der Waals surface area contributed by atoms with Crippen LogP contribution in [0, 0.1) is 6.92 Å². The minimum absolute atomic E-state index is 0.160. The van der Waals surface area contributed by atoms with Gasteiger partial charge in [-0.25, -0.2) is 4.79 Å². The Hall–Kier alpha value is -3.58. The van der Waals surface area contributed by atoms with E-state index in [-0.39, 0.29) is 17.3 Å². The number of carbonyl (C=O) groups is 2. The summed E-state index contributed by atoms with van der Waals surface area (Å²) in [6.07, 6.45) is 1.63. The van der Waals surface area contributed by atoms with Crippen molar-refractivity contribution in [2.75, 3.05) is 14.2 Å². The van der Waals surface area contributed by atoms with Crippen molar-refractivity contribution >= 4 is 33.8 Å². The highest BCUT2D eigenvalue weighted by Crippen LogP contribution is 2.38. The second kappa shape index (κ2) is 8.88. The van der Waals surface area contributed by atoms with Crippen molar-refractivity contribution in [2.45, 2.75) is 6.92 Å². The van der Waals surface area contributed by atoms with E-state index in [1.165, 1.54) is 13.2 Å². The summed E-state index contributed by atoms with van der Waals surface area (Å²) in [6.45, 7) is 1.77. The fourth-order valence-corrected chi connectivity index (χ4v) is 3.85. The lowest BCUT2D eigenvalue weighted by Gasteiger charge is -2.10. The summed E-state index contributed by atoms with van der Waals surface area (Å²) in [5.74, 6) is 0.964. The minimum Gasteiger partial charge on any atom is -0.496 e. The van der Waals surface area contributed by atoms with Crippen LogP contribution in [0.1, 0.15) is 31.8 Å². The number of para-hydroxylation sites is 1. The molecular weight excluding hydrogens is 476 g/mol. The van der Waals surface area contributed by atoms with E-state index in [0.29, 0.717) is 39.5 Å². The van der Waals surface area contributed by atoms with E-state index in [0.717, 1.165) is 4.47 Å². The number of fused-ring (bicyclic) bond motifs is 1. The lowest BCUT2D eigenvalue weighted by atomic mass is 10.0. The van der Waals surface area contributed by atoms with Crippen LogP contribution in [0.3, 0.4) is 0 Å². The van der Waals surface area contributed by atoms with E-state index in [1.54, 1.807) is 56.5 Å². The van der Waals surface area contributed by atoms with Crippen LogP contribution in [0.2, 0.25) is 0 Å². The van der Waals surface area contributed by atoms with Crippen LogP contribution in [-0.4, -0.2) is 26.0 Å². The van der Waals surface area contributed by atoms with Gasteiger partial charge in [0.25, 0.3) is 0 Å². The molecule has 3 aromatic rings. The standard InChI is InChI=1S/C25H19BrO6/c1-14-10-17(31-25(28)18-6-4-5-7-20(18)30-3)13-21-23(14)24(27)22(32-21)12-15-11-16(26)8-9-19(15)29-2/h4-13H,1-3H3/b22-12-. The molecule has 1 aliphatic heterocycles. The first-order chi connectivity index (χ1) is 15.4. The number of ether oxygens (including phenoxy) is 4. The molecule has 6 nitrogen and oxygen atoms in total. The summed E-state index contributed by atoms with van der Waals surface area (Å²) in [5, 5.41) is 0. The number of aryl methyl sites for hydroxylation is 1. The molecule has 7 heteroatoms. The molecule has 4 rings (SSSR count). The average molecular weight is 495 g/mol. The van der Waals surface area contributed by atoms with Gasteiger partial charge in [-0.2, -0.15) is 0 Å². The van der Waals surface area contributed by atoms with E-state index in [1.807, 2.05) is 12.1 Å². The maximum absolute atomic E-state index is 13.0. The highest BCUT2D eigenvalue weighted by Gasteiger charge is 2.31. The van der Waals surface area contributed by atoms with Gasteiger partial charge in [-0.15, -0.1) is 0 Å². The largest absolute Gasteiger partial charge is 0.496 e. The summed E-state index contributed by atoms with van der Waals surface area (Å²) < 4.78 is 22.8. The maximum Gasteiger partial charge on any atom is 0.347 e. The molecule has 0 saturated heterocycles. The van der Waals surface area contributed by atoms with E-state index in [9.17, 15) is 9.59 Å². The number of ketones is 1. The molecule has 0 atom stereocenters. The summed E-state index contributed by atoms with van der Waals surface area (Å²) in [7, 11) is 3.04. The number of halogens is 1. The lowest BCUT2D eigenvalue weighted by molar-refractivity contribution is 0.0731. The van der Waals surface area contributed by atoms with E-state index < -0.39 is 5.97 Å². The molecule has 0 N–H and O–H groups in total. The number of allylic oxidation sites excluding steroid dienone is 1. The number of hydrogen-bond donors (Lipinski definition) is 0. The molecule has 0 aliphatic carbocycles. The third kappa shape index (κ3) is 4.11. The van der Waals surface area contributed by atoms with Gasteiger partial charge in [-0.1, -0.05) is 28.1 Å². The minimum atomic E-state index is -0.569. The lowest BCUT2D eigenvalue weighted by Crippen LogP contribution is -2.10. The second-order valence-corrected chi connectivity index (χ2v) is 7.94. The summed E-state index contributed by atoms with van der Waals surface area (Å²) in [6, 6.07) is 15.4. The molecule has 162 valence electrons. The first-order valence-corrected chi connectivity index (χ1v) is 10.5. The number of hydrogen-bond acceptors (Lipinski definition) is 6. The van der Waals surface area contributed by atoms with Crippen LogP contribution in [0.15, 0.2) is 64.8 Å². The SMILES string of the molecule is COc1ccc(Br)cc1/C=C1\Oc2cc(OC(=O)c3ccccc3OC)cc(C)c2C1=O. The zero-order valence-corrected chi connectivity index (χ0v) is 19.2. The fourth-order valence-electron chi connectivity index (χ4n) is 3.47. The topological polar surface area (TPSA) is 71.1 Å². The van der Waals surface area contributed by atoms with Gasteiger partial charge in [0.2, 0.25) is 5.78 Å². The number of Topliss-reactive ketones (excluding diaryl/α,β-unsaturated/α-hetero) is 1. The number of methoxy groups -OCH3 is 2. The molecule has 1 heterocycles. The molecule has 32 heavy (non-hydrogen) atoms. The highest BCUT2D eigenvalue weighted by molar-refractivity contribution is 9.10.